The molecule has 3 heterocycles. The number of thiophene rings is 1. The lowest BCUT2D eigenvalue weighted by Crippen LogP contribution is -2.37. The maximum atomic E-state index is 12.3. The Morgan fingerprint density at radius 1 is 1.32 bits per heavy atom. The van der Waals surface area contributed by atoms with Crippen molar-refractivity contribution in [2.75, 3.05) is 30.7 Å². The highest BCUT2D eigenvalue weighted by atomic mass is 32.1. The summed E-state index contributed by atoms with van der Waals surface area (Å²) in [5.41, 5.74) is 8.95. The molecule has 0 spiro atoms. The number of aromatic nitrogens is 1. The number of nitrogens with zero attached hydrogens (tertiary/aromatic N) is 2. The van der Waals surface area contributed by atoms with Gasteiger partial charge in [-0.3, -0.25) is 9.78 Å². The molecule has 1 fully saturated rings. The molecule has 2 aromatic heterocycles. The summed E-state index contributed by atoms with van der Waals surface area (Å²) < 4.78 is 5.59. The zero-order valence-corrected chi connectivity index (χ0v) is 18.3. The molecule has 1 aliphatic carbocycles. The van der Waals surface area contributed by atoms with E-state index in [1.54, 1.807) is 18.5 Å². The van der Waals surface area contributed by atoms with Gasteiger partial charge in [0.2, 0.25) is 5.91 Å². The summed E-state index contributed by atoms with van der Waals surface area (Å²) in [7, 11) is 0. The molecule has 1 unspecified atom stereocenters. The van der Waals surface area contributed by atoms with Crippen molar-refractivity contribution in [3.05, 3.63) is 46.6 Å². The highest BCUT2D eigenvalue weighted by Gasteiger charge is 2.27. The normalized spacial score (nSPS) is 18.6. The number of hydrogen-bond acceptors (Lipinski definition) is 6. The molecule has 31 heavy (non-hydrogen) atoms. The van der Waals surface area contributed by atoms with Gasteiger partial charge in [-0.05, 0) is 67.7 Å². The molecular formula is C23H28N4O3S. The predicted octanol–water partition coefficient (Wildman–Crippen LogP) is 4.10. The molecule has 0 bridgehead atoms. The summed E-state index contributed by atoms with van der Waals surface area (Å²) in [4.78, 5) is 31.6. The van der Waals surface area contributed by atoms with Crippen LogP contribution in [-0.2, 0) is 22.4 Å². The van der Waals surface area contributed by atoms with Crippen molar-refractivity contribution in [2.45, 2.75) is 38.5 Å². The number of carbonyl (C=O) groups excluding carboxylic acids is 2. The van der Waals surface area contributed by atoms with Gasteiger partial charge in [0.25, 0.3) is 0 Å². The highest BCUT2D eigenvalue weighted by molar-refractivity contribution is 7.17. The lowest BCUT2D eigenvalue weighted by Gasteiger charge is -2.27. The van der Waals surface area contributed by atoms with E-state index in [0.717, 1.165) is 56.3 Å². The van der Waals surface area contributed by atoms with Crippen LogP contribution in [0.4, 0.5) is 15.5 Å². The molecule has 0 saturated carbocycles. The van der Waals surface area contributed by atoms with Gasteiger partial charge >= 0.3 is 6.09 Å². The first-order valence-corrected chi connectivity index (χ1v) is 11.6. The Bertz CT molecular complexity index is 951. The molecule has 2 aliphatic rings. The Labute approximate surface area is 186 Å². The van der Waals surface area contributed by atoms with Crippen molar-refractivity contribution < 1.29 is 14.3 Å². The van der Waals surface area contributed by atoms with Crippen molar-refractivity contribution in [2.24, 2.45) is 5.92 Å². The van der Waals surface area contributed by atoms with E-state index in [2.05, 4.69) is 10.3 Å². The summed E-state index contributed by atoms with van der Waals surface area (Å²) in [6.07, 6.45) is 12.3. The van der Waals surface area contributed by atoms with Gasteiger partial charge < -0.3 is 20.7 Å². The summed E-state index contributed by atoms with van der Waals surface area (Å²) in [6.45, 7) is 2.03. The van der Waals surface area contributed by atoms with Gasteiger partial charge in [-0.1, -0.05) is 6.07 Å². The molecule has 3 N–H and O–H groups in total. The molecule has 4 rings (SSSR count). The standard InChI is InChI=1S/C23H28N4O3S/c24-21-18-8-6-17(15-30-23(29)27-11-2-1-3-12-27)13-19(18)31-22(21)26-20(28)9-7-16-5-4-10-25-14-16/h4-5,7,9-10,14,17H,1-3,6,8,11-13,15,24H2,(H,26,28)/b9-7+. The average Bonchev–Trinajstić information content (AvgIpc) is 3.11. The van der Waals surface area contributed by atoms with Crippen molar-refractivity contribution in [1.29, 1.82) is 0 Å². The SMILES string of the molecule is Nc1c(NC(=O)/C=C/c2cccnc2)sc2c1CCC(COC(=O)N1CCCCC1)C2. The molecule has 8 heteroatoms. The lowest BCUT2D eigenvalue weighted by atomic mass is 9.89. The van der Waals surface area contributed by atoms with Crippen molar-refractivity contribution in [1.82, 2.24) is 9.88 Å². The fourth-order valence-corrected chi connectivity index (χ4v) is 5.36. The number of anilines is 2. The molecule has 164 valence electrons. The van der Waals surface area contributed by atoms with E-state index in [1.807, 2.05) is 17.0 Å². The minimum Gasteiger partial charge on any atom is -0.449 e. The lowest BCUT2D eigenvalue weighted by molar-refractivity contribution is -0.111. The number of nitrogen functional groups attached to an aromatic ring is 1. The summed E-state index contributed by atoms with van der Waals surface area (Å²) in [6, 6.07) is 3.70. The molecular weight excluding hydrogens is 412 g/mol. The Morgan fingerprint density at radius 2 is 2.16 bits per heavy atom. The second-order valence-corrected chi connectivity index (χ2v) is 9.19. The van der Waals surface area contributed by atoms with Crippen LogP contribution in [0.15, 0.2) is 30.6 Å². The topological polar surface area (TPSA) is 97.5 Å². The Kier molecular flexibility index (Phi) is 6.86. The average molecular weight is 441 g/mol. The van der Waals surface area contributed by atoms with Gasteiger partial charge in [0, 0.05) is 36.4 Å². The molecule has 0 aromatic carbocycles. The van der Waals surface area contributed by atoms with Crippen LogP contribution >= 0.6 is 11.3 Å². The predicted molar refractivity (Wildman–Crippen MR) is 123 cm³/mol. The number of pyridine rings is 1. The van der Waals surface area contributed by atoms with Crippen LogP contribution in [0, 0.1) is 5.92 Å². The van der Waals surface area contributed by atoms with E-state index in [1.165, 1.54) is 28.7 Å². The van der Waals surface area contributed by atoms with Crippen LogP contribution in [0.25, 0.3) is 6.08 Å². The minimum atomic E-state index is -0.221. The fraction of sp³-hybridized carbons (Fsp3) is 0.435. The third kappa shape index (κ3) is 5.44. The van der Waals surface area contributed by atoms with Crippen LogP contribution in [0.2, 0.25) is 0 Å². The van der Waals surface area contributed by atoms with E-state index in [0.29, 0.717) is 17.3 Å². The second-order valence-electron chi connectivity index (χ2n) is 8.09. The van der Waals surface area contributed by atoms with Gasteiger partial charge in [-0.25, -0.2) is 4.79 Å². The van der Waals surface area contributed by atoms with Crippen LogP contribution in [0.3, 0.4) is 0 Å². The van der Waals surface area contributed by atoms with Crippen molar-refractivity contribution >= 4 is 40.1 Å². The van der Waals surface area contributed by atoms with Gasteiger partial charge in [0.1, 0.15) is 5.00 Å². The molecule has 1 aliphatic heterocycles. The summed E-state index contributed by atoms with van der Waals surface area (Å²) in [5, 5.41) is 3.59. The second kappa shape index (κ2) is 9.96. The largest absolute Gasteiger partial charge is 0.449 e. The molecule has 1 atom stereocenters. The molecule has 1 saturated heterocycles. The number of rotatable bonds is 5. The zero-order chi connectivity index (χ0) is 21.6. The minimum absolute atomic E-state index is 0.190. The smallest absolute Gasteiger partial charge is 0.409 e. The van der Waals surface area contributed by atoms with Crippen molar-refractivity contribution in [3.63, 3.8) is 0 Å². The number of likely N-dealkylation sites (tertiary alicyclic amines) is 1. The monoisotopic (exact) mass is 440 g/mol. The van der Waals surface area contributed by atoms with E-state index in [9.17, 15) is 9.59 Å². The molecule has 2 amide bonds. The van der Waals surface area contributed by atoms with E-state index in [4.69, 9.17) is 10.5 Å². The van der Waals surface area contributed by atoms with Crippen LogP contribution in [0.5, 0.6) is 0 Å². The summed E-state index contributed by atoms with van der Waals surface area (Å²) >= 11 is 1.52. The van der Waals surface area contributed by atoms with Gasteiger partial charge in [-0.15, -0.1) is 11.3 Å². The van der Waals surface area contributed by atoms with E-state index >= 15 is 0 Å². The Morgan fingerprint density at radius 3 is 2.94 bits per heavy atom. The summed E-state index contributed by atoms with van der Waals surface area (Å²) in [5.74, 6) is 0.0643. The quantitative estimate of drug-likeness (QED) is 0.682. The number of hydrogen-bond donors (Lipinski definition) is 2. The number of carbonyl (C=O) groups is 2. The maximum Gasteiger partial charge on any atom is 0.409 e. The third-order valence-electron chi connectivity index (χ3n) is 5.81. The van der Waals surface area contributed by atoms with Crippen molar-refractivity contribution in [3.8, 4) is 0 Å². The first kappa shape index (κ1) is 21.4. The third-order valence-corrected chi connectivity index (χ3v) is 7.00. The first-order valence-electron chi connectivity index (χ1n) is 10.8. The number of piperidine rings is 1. The van der Waals surface area contributed by atoms with Gasteiger partial charge in [0.15, 0.2) is 0 Å². The van der Waals surface area contributed by atoms with E-state index < -0.39 is 0 Å². The molecule has 2 aromatic rings. The van der Waals surface area contributed by atoms with Gasteiger partial charge in [-0.2, -0.15) is 0 Å². The number of fused-ring (bicyclic) bond motifs is 1. The highest BCUT2D eigenvalue weighted by Crippen LogP contribution is 2.41. The fourth-order valence-electron chi connectivity index (χ4n) is 4.07. The maximum absolute atomic E-state index is 12.3. The number of nitrogens with two attached hydrogens (primary N) is 1. The van der Waals surface area contributed by atoms with E-state index in [-0.39, 0.29) is 17.9 Å². The number of ether oxygens (including phenoxy) is 1. The number of nitrogens with one attached hydrogen (secondary N) is 1. The molecule has 0 radical (unpaired) electrons. The van der Waals surface area contributed by atoms with Crippen LogP contribution in [0.1, 0.15) is 41.7 Å². The van der Waals surface area contributed by atoms with Crippen LogP contribution < -0.4 is 11.1 Å². The Hall–Kier alpha value is -2.87. The molecule has 7 nitrogen and oxygen atoms in total. The van der Waals surface area contributed by atoms with Gasteiger partial charge in [0.05, 0.1) is 12.3 Å². The number of amides is 2. The first-order chi connectivity index (χ1) is 15.1. The van der Waals surface area contributed by atoms with Crippen LogP contribution in [-0.4, -0.2) is 41.6 Å². The Balaban J connectivity index is 1.32. The zero-order valence-electron chi connectivity index (χ0n) is 17.5.